The summed E-state index contributed by atoms with van der Waals surface area (Å²) in [5.41, 5.74) is 0. The molecular formula is C10H18N2O2S. The van der Waals surface area contributed by atoms with Crippen LogP contribution in [0.1, 0.15) is 16.3 Å². The van der Waals surface area contributed by atoms with Gasteiger partial charge in [0.25, 0.3) is 0 Å². The van der Waals surface area contributed by atoms with Crippen LogP contribution >= 0.6 is 11.3 Å². The molecule has 0 aliphatic rings. The van der Waals surface area contributed by atoms with Crippen LogP contribution in [-0.4, -0.2) is 36.5 Å². The Kier molecular flexibility index (Phi) is 5.78. The fourth-order valence-corrected chi connectivity index (χ4v) is 2.08. The largest absolute Gasteiger partial charge is 0.396 e. The lowest BCUT2D eigenvalue weighted by Crippen LogP contribution is -2.33. The number of hydrogen-bond acceptors (Lipinski definition) is 5. The van der Waals surface area contributed by atoms with Crippen LogP contribution in [0.15, 0.2) is 6.20 Å². The number of methoxy groups -OCH3 is 1. The minimum absolute atomic E-state index is 0.183. The van der Waals surface area contributed by atoms with Gasteiger partial charge in [0.1, 0.15) is 0 Å². The van der Waals surface area contributed by atoms with Gasteiger partial charge >= 0.3 is 0 Å². The minimum Gasteiger partial charge on any atom is -0.396 e. The van der Waals surface area contributed by atoms with E-state index in [1.807, 2.05) is 13.1 Å². The van der Waals surface area contributed by atoms with Gasteiger partial charge in [-0.3, -0.25) is 0 Å². The van der Waals surface area contributed by atoms with E-state index in [0.717, 1.165) is 11.6 Å². The Labute approximate surface area is 94.3 Å². The zero-order chi connectivity index (χ0) is 11.1. The molecule has 0 saturated carbocycles. The first-order valence-electron chi connectivity index (χ1n) is 5.00. The number of nitrogens with zero attached hydrogens (tertiary/aromatic N) is 1. The highest BCUT2D eigenvalue weighted by molar-refractivity contribution is 7.11. The van der Waals surface area contributed by atoms with E-state index in [0.29, 0.717) is 13.0 Å². The Balaban J connectivity index is 2.32. The molecule has 1 aromatic rings. The topological polar surface area (TPSA) is 54.4 Å². The molecule has 0 fully saturated rings. The summed E-state index contributed by atoms with van der Waals surface area (Å²) >= 11 is 1.69. The van der Waals surface area contributed by atoms with E-state index >= 15 is 0 Å². The molecule has 4 nitrogen and oxygen atoms in total. The molecular weight excluding hydrogens is 212 g/mol. The van der Waals surface area contributed by atoms with E-state index in [1.54, 1.807) is 18.4 Å². The number of nitrogens with one attached hydrogen (secondary N) is 1. The molecule has 0 aliphatic carbocycles. The van der Waals surface area contributed by atoms with E-state index in [2.05, 4.69) is 10.3 Å². The second kappa shape index (κ2) is 6.90. The Morgan fingerprint density at radius 2 is 2.47 bits per heavy atom. The van der Waals surface area contributed by atoms with Crippen LogP contribution in [0.25, 0.3) is 0 Å². The van der Waals surface area contributed by atoms with Crippen LogP contribution < -0.4 is 5.32 Å². The molecule has 1 heterocycles. The van der Waals surface area contributed by atoms with Crippen molar-refractivity contribution in [1.82, 2.24) is 10.3 Å². The molecule has 15 heavy (non-hydrogen) atoms. The number of rotatable bonds is 7. The Morgan fingerprint density at radius 3 is 3.00 bits per heavy atom. The van der Waals surface area contributed by atoms with E-state index in [4.69, 9.17) is 9.84 Å². The quantitative estimate of drug-likeness (QED) is 0.732. The molecule has 5 heteroatoms. The molecule has 0 aliphatic heterocycles. The Morgan fingerprint density at radius 1 is 1.67 bits per heavy atom. The monoisotopic (exact) mass is 230 g/mol. The molecule has 1 aromatic heterocycles. The van der Waals surface area contributed by atoms with Crippen molar-refractivity contribution in [2.45, 2.75) is 25.9 Å². The maximum Gasteiger partial charge on any atom is 0.0897 e. The van der Waals surface area contributed by atoms with Gasteiger partial charge in [-0.15, -0.1) is 11.3 Å². The maximum absolute atomic E-state index is 8.86. The average molecular weight is 230 g/mol. The third-order valence-corrected chi connectivity index (χ3v) is 2.99. The SMILES string of the molecule is COCC(CCO)NCc1cnc(C)s1. The van der Waals surface area contributed by atoms with Gasteiger partial charge in [-0.25, -0.2) is 4.98 Å². The Bertz CT molecular complexity index is 272. The maximum atomic E-state index is 8.86. The third kappa shape index (κ3) is 4.70. The smallest absolute Gasteiger partial charge is 0.0897 e. The fraction of sp³-hybridized carbons (Fsp3) is 0.700. The van der Waals surface area contributed by atoms with Crippen molar-refractivity contribution in [3.05, 3.63) is 16.1 Å². The van der Waals surface area contributed by atoms with E-state index < -0.39 is 0 Å². The van der Waals surface area contributed by atoms with Gasteiger partial charge in [0.2, 0.25) is 0 Å². The molecule has 0 saturated heterocycles. The molecule has 86 valence electrons. The number of thiazole rings is 1. The van der Waals surface area contributed by atoms with Crippen molar-refractivity contribution < 1.29 is 9.84 Å². The van der Waals surface area contributed by atoms with Gasteiger partial charge in [-0.2, -0.15) is 0 Å². The lowest BCUT2D eigenvalue weighted by molar-refractivity contribution is 0.148. The number of ether oxygens (including phenoxy) is 1. The van der Waals surface area contributed by atoms with Gasteiger partial charge < -0.3 is 15.2 Å². The van der Waals surface area contributed by atoms with Gasteiger partial charge in [0.05, 0.1) is 11.6 Å². The van der Waals surface area contributed by atoms with Crippen molar-refractivity contribution in [3.8, 4) is 0 Å². The van der Waals surface area contributed by atoms with Gasteiger partial charge in [0.15, 0.2) is 0 Å². The van der Waals surface area contributed by atoms with Crippen LogP contribution in [0.4, 0.5) is 0 Å². The van der Waals surface area contributed by atoms with E-state index in [-0.39, 0.29) is 12.6 Å². The summed E-state index contributed by atoms with van der Waals surface area (Å²) in [6.07, 6.45) is 2.60. The summed E-state index contributed by atoms with van der Waals surface area (Å²) < 4.78 is 5.06. The zero-order valence-corrected chi connectivity index (χ0v) is 10.0. The van der Waals surface area contributed by atoms with Crippen molar-refractivity contribution in [1.29, 1.82) is 0 Å². The number of aryl methyl sites for hydroxylation is 1. The van der Waals surface area contributed by atoms with E-state index in [9.17, 15) is 0 Å². The normalized spacial score (nSPS) is 13.0. The molecule has 0 bridgehead atoms. The number of hydrogen-bond donors (Lipinski definition) is 2. The van der Waals surface area contributed by atoms with Gasteiger partial charge in [0, 0.05) is 37.4 Å². The van der Waals surface area contributed by atoms with Crippen molar-refractivity contribution in [3.63, 3.8) is 0 Å². The number of aliphatic hydroxyl groups excluding tert-OH is 1. The van der Waals surface area contributed by atoms with Crippen LogP contribution in [-0.2, 0) is 11.3 Å². The number of aliphatic hydroxyl groups is 1. The summed E-state index contributed by atoms with van der Waals surface area (Å²) in [6, 6.07) is 0.211. The molecule has 0 spiro atoms. The molecule has 0 aromatic carbocycles. The van der Waals surface area contributed by atoms with Gasteiger partial charge in [-0.05, 0) is 13.3 Å². The fourth-order valence-electron chi connectivity index (χ4n) is 1.33. The standard InChI is InChI=1S/C10H18N2O2S/c1-8-11-5-10(15-8)6-12-9(3-4-13)7-14-2/h5,9,12-13H,3-4,6-7H2,1-2H3. The summed E-state index contributed by atoms with van der Waals surface area (Å²) in [4.78, 5) is 5.40. The second-order valence-corrected chi connectivity index (χ2v) is 4.71. The zero-order valence-electron chi connectivity index (χ0n) is 9.19. The molecule has 0 radical (unpaired) electrons. The number of aromatic nitrogens is 1. The Hall–Kier alpha value is -0.490. The van der Waals surface area contributed by atoms with Gasteiger partial charge in [-0.1, -0.05) is 0 Å². The predicted octanol–water partition coefficient (Wildman–Crippen LogP) is 0.939. The van der Waals surface area contributed by atoms with Crippen LogP contribution in [0.3, 0.4) is 0 Å². The lowest BCUT2D eigenvalue weighted by Gasteiger charge is -2.15. The summed E-state index contributed by atoms with van der Waals surface area (Å²) in [7, 11) is 1.67. The average Bonchev–Trinajstić information content (AvgIpc) is 2.61. The van der Waals surface area contributed by atoms with Crippen molar-refractivity contribution in [2.24, 2.45) is 0 Å². The highest BCUT2D eigenvalue weighted by atomic mass is 32.1. The third-order valence-electron chi connectivity index (χ3n) is 2.08. The van der Waals surface area contributed by atoms with Crippen molar-refractivity contribution in [2.75, 3.05) is 20.3 Å². The first-order chi connectivity index (χ1) is 7.26. The lowest BCUT2D eigenvalue weighted by atomic mass is 10.2. The molecule has 2 N–H and O–H groups in total. The molecule has 1 rings (SSSR count). The summed E-state index contributed by atoms with van der Waals surface area (Å²) in [6.45, 7) is 3.59. The van der Waals surface area contributed by atoms with Crippen LogP contribution in [0, 0.1) is 6.92 Å². The van der Waals surface area contributed by atoms with E-state index in [1.165, 1.54) is 4.88 Å². The molecule has 0 amide bonds. The van der Waals surface area contributed by atoms with Crippen molar-refractivity contribution >= 4 is 11.3 Å². The van der Waals surface area contributed by atoms with Crippen LogP contribution in [0.5, 0.6) is 0 Å². The summed E-state index contributed by atoms with van der Waals surface area (Å²) in [5, 5.41) is 13.3. The second-order valence-electron chi connectivity index (χ2n) is 3.39. The minimum atomic E-state index is 0.183. The first-order valence-corrected chi connectivity index (χ1v) is 5.82. The highest BCUT2D eigenvalue weighted by Crippen LogP contribution is 2.11. The first kappa shape index (κ1) is 12.6. The highest BCUT2D eigenvalue weighted by Gasteiger charge is 2.07. The summed E-state index contributed by atoms with van der Waals surface area (Å²) in [5.74, 6) is 0. The van der Waals surface area contributed by atoms with Crippen LogP contribution in [0.2, 0.25) is 0 Å². The molecule has 1 atom stereocenters. The molecule has 1 unspecified atom stereocenters. The predicted molar refractivity (Wildman–Crippen MR) is 61.1 cm³/mol.